The first-order chi connectivity index (χ1) is 9.16. The summed E-state index contributed by atoms with van der Waals surface area (Å²) in [5.74, 6) is 0.699. The average Bonchev–Trinajstić information content (AvgIpc) is 2.42. The molecule has 3 heteroatoms. The molecule has 0 aliphatic heterocycles. The number of hydrogen-bond donors (Lipinski definition) is 1. The van der Waals surface area contributed by atoms with Crippen molar-refractivity contribution in [2.75, 3.05) is 0 Å². The van der Waals surface area contributed by atoms with Gasteiger partial charge in [0.1, 0.15) is 5.82 Å². The third-order valence-electron chi connectivity index (χ3n) is 2.95. The van der Waals surface area contributed by atoms with E-state index in [9.17, 15) is 4.39 Å². The van der Waals surface area contributed by atoms with Crippen LogP contribution in [-0.4, -0.2) is 6.04 Å². The summed E-state index contributed by atoms with van der Waals surface area (Å²) in [5.41, 5.74) is 8.42. The summed E-state index contributed by atoms with van der Waals surface area (Å²) in [6.07, 6.45) is 0. The molecule has 0 radical (unpaired) electrons. The molecule has 0 spiro atoms. The quantitative estimate of drug-likeness (QED) is 0.887. The molecule has 2 rings (SSSR count). The topological polar surface area (TPSA) is 26.0 Å². The summed E-state index contributed by atoms with van der Waals surface area (Å²) in [6, 6.07) is 17.0. The molecule has 1 nitrogen and oxygen atoms in total. The van der Waals surface area contributed by atoms with Gasteiger partial charge in [0.2, 0.25) is 0 Å². The van der Waals surface area contributed by atoms with Gasteiger partial charge < -0.3 is 5.73 Å². The van der Waals surface area contributed by atoms with Crippen molar-refractivity contribution in [3.8, 4) is 0 Å². The molecule has 0 saturated heterocycles. The number of rotatable bonds is 5. The van der Waals surface area contributed by atoms with E-state index >= 15 is 0 Å². The average molecular weight is 275 g/mol. The van der Waals surface area contributed by atoms with Crippen LogP contribution in [0.3, 0.4) is 0 Å². The first-order valence-electron chi connectivity index (χ1n) is 6.33. The number of benzene rings is 2. The molecular formula is C16H18FNS. The van der Waals surface area contributed by atoms with Gasteiger partial charge in [-0.3, -0.25) is 0 Å². The SMILES string of the molecule is CC(N)C(SCc1ccccc1)c1ccc(F)cc1. The van der Waals surface area contributed by atoms with Crippen molar-refractivity contribution in [2.45, 2.75) is 24.0 Å². The summed E-state index contributed by atoms with van der Waals surface area (Å²) >= 11 is 1.79. The second-order valence-electron chi connectivity index (χ2n) is 4.63. The van der Waals surface area contributed by atoms with Crippen LogP contribution in [0.5, 0.6) is 0 Å². The monoisotopic (exact) mass is 275 g/mol. The van der Waals surface area contributed by atoms with Gasteiger partial charge in [0.05, 0.1) is 0 Å². The fraction of sp³-hybridized carbons (Fsp3) is 0.250. The maximum Gasteiger partial charge on any atom is 0.123 e. The Morgan fingerprint density at radius 2 is 1.68 bits per heavy atom. The lowest BCUT2D eigenvalue weighted by Gasteiger charge is -2.21. The van der Waals surface area contributed by atoms with Crippen LogP contribution in [0.2, 0.25) is 0 Å². The van der Waals surface area contributed by atoms with Crippen LogP contribution in [0.4, 0.5) is 4.39 Å². The maximum atomic E-state index is 13.0. The largest absolute Gasteiger partial charge is 0.327 e. The fourth-order valence-electron chi connectivity index (χ4n) is 1.96. The zero-order chi connectivity index (χ0) is 13.7. The van der Waals surface area contributed by atoms with E-state index in [4.69, 9.17) is 5.73 Å². The van der Waals surface area contributed by atoms with Crippen LogP contribution in [0.1, 0.15) is 23.3 Å². The van der Waals surface area contributed by atoms with Crippen molar-refractivity contribution >= 4 is 11.8 Å². The van der Waals surface area contributed by atoms with E-state index in [0.29, 0.717) is 0 Å². The molecule has 2 atom stereocenters. The molecule has 0 aliphatic carbocycles. The zero-order valence-electron chi connectivity index (χ0n) is 10.9. The Hall–Kier alpha value is -1.32. The van der Waals surface area contributed by atoms with Gasteiger partial charge in [-0.25, -0.2) is 4.39 Å². The molecule has 2 unspecified atom stereocenters. The molecule has 0 saturated carbocycles. The van der Waals surface area contributed by atoms with Crippen molar-refractivity contribution in [2.24, 2.45) is 5.73 Å². The Kier molecular flexibility index (Phi) is 5.00. The third kappa shape index (κ3) is 4.08. The molecule has 0 fully saturated rings. The van der Waals surface area contributed by atoms with Crippen LogP contribution in [0.15, 0.2) is 54.6 Å². The van der Waals surface area contributed by atoms with Gasteiger partial charge in [0.15, 0.2) is 0 Å². The molecule has 2 aromatic rings. The molecule has 100 valence electrons. The van der Waals surface area contributed by atoms with Gasteiger partial charge >= 0.3 is 0 Å². The first kappa shape index (κ1) is 14.1. The van der Waals surface area contributed by atoms with E-state index in [1.807, 2.05) is 37.3 Å². The van der Waals surface area contributed by atoms with Crippen LogP contribution < -0.4 is 5.73 Å². The first-order valence-corrected chi connectivity index (χ1v) is 7.38. The molecule has 2 aromatic carbocycles. The van der Waals surface area contributed by atoms with Gasteiger partial charge in [0, 0.05) is 17.0 Å². The zero-order valence-corrected chi connectivity index (χ0v) is 11.7. The highest BCUT2D eigenvalue weighted by Gasteiger charge is 2.16. The molecule has 0 aliphatic rings. The predicted octanol–water partition coefficient (Wildman–Crippen LogP) is 4.15. The fourth-order valence-corrected chi connectivity index (χ4v) is 3.18. The van der Waals surface area contributed by atoms with Crippen molar-refractivity contribution in [3.63, 3.8) is 0 Å². The number of nitrogens with two attached hydrogens (primary N) is 1. The summed E-state index contributed by atoms with van der Waals surface area (Å²) in [4.78, 5) is 0. The van der Waals surface area contributed by atoms with Gasteiger partial charge in [-0.2, -0.15) is 0 Å². The Labute approximate surface area is 118 Å². The summed E-state index contributed by atoms with van der Waals surface area (Å²) in [7, 11) is 0. The number of halogens is 1. The van der Waals surface area contributed by atoms with E-state index in [2.05, 4.69) is 12.1 Å². The molecule has 2 N–H and O–H groups in total. The maximum absolute atomic E-state index is 13.0. The third-order valence-corrected chi connectivity index (χ3v) is 4.51. The van der Waals surface area contributed by atoms with Crippen LogP contribution in [0.25, 0.3) is 0 Å². The second-order valence-corrected chi connectivity index (χ2v) is 5.76. The minimum atomic E-state index is -0.208. The Morgan fingerprint density at radius 1 is 1.05 bits per heavy atom. The minimum Gasteiger partial charge on any atom is -0.327 e. The highest BCUT2D eigenvalue weighted by atomic mass is 32.2. The van der Waals surface area contributed by atoms with Crippen LogP contribution >= 0.6 is 11.8 Å². The van der Waals surface area contributed by atoms with Crippen LogP contribution in [0, 0.1) is 5.82 Å². The molecular weight excluding hydrogens is 257 g/mol. The van der Waals surface area contributed by atoms with E-state index < -0.39 is 0 Å². The number of hydrogen-bond acceptors (Lipinski definition) is 2. The van der Waals surface area contributed by atoms with Crippen molar-refractivity contribution in [1.82, 2.24) is 0 Å². The predicted molar refractivity (Wildman–Crippen MR) is 80.5 cm³/mol. The molecule has 0 amide bonds. The van der Waals surface area contributed by atoms with E-state index in [1.54, 1.807) is 11.8 Å². The smallest absolute Gasteiger partial charge is 0.123 e. The van der Waals surface area contributed by atoms with E-state index in [0.717, 1.165) is 11.3 Å². The highest BCUT2D eigenvalue weighted by Crippen LogP contribution is 2.33. The molecule has 0 heterocycles. The summed E-state index contributed by atoms with van der Waals surface area (Å²) in [5, 5.41) is 0.181. The molecule has 0 aromatic heterocycles. The van der Waals surface area contributed by atoms with Crippen molar-refractivity contribution in [1.29, 1.82) is 0 Å². The van der Waals surface area contributed by atoms with Crippen molar-refractivity contribution in [3.05, 3.63) is 71.5 Å². The van der Waals surface area contributed by atoms with E-state index in [1.165, 1.54) is 17.7 Å². The lowest BCUT2D eigenvalue weighted by molar-refractivity contribution is 0.625. The number of thioether (sulfide) groups is 1. The van der Waals surface area contributed by atoms with Crippen LogP contribution in [-0.2, 0) is 5.75 Å². The summed E-state index contributed by atoms with van der Waals surface area (Å²) in [6.45, 7) is 1.99. The Balaban J connectivity index is 2.06. The molecule has 19 heavy (non-hydrogen) atoms. The minimum absolute atomic E-state index is 0.0270. The Morgan fingerprint density at radius 3 is 2.26 bits per heavy atom. The normalized spacial score (nSPS) is 14.1. The van der Waals surface area contributed by atoms with Gasteiger partial charge in [-0.05, 0) is 30.2 Å². The Bertz CT molecular complexity index is 496. The lowest BCUT2D eigenvalue weighted by Crippen LogP contribution is -2.22. The lowest BCUT2D eigenvalue weighted by atomic mass is 10.1. The standard InChI is InChI=1S/C16H18FNS/c1-12(18)16(14-7-9-15(17)10-8-14)19-11-13-5-3-2-4-6-13/h2-10,12,16H,11,18H2,1H3. The summed E-state index contributed by atoms with van der Waals surface area (Å²) < 4.78 is 13.0. The second kappa shape index (κ2) is 6.73. The van der Waals surface area contributed by atoms with Crippen molar-refractivity contribution < 1.29 is 4.39 Å². The van der Waals surface area contributed by atoms with E-state index in [-0.39, 0.29) is 17.1 Å². The highest BCUT2D eigenvalue weighted by molar-refractivity contribution is 7.98. The molecule has 0 bridgehead atoms. The van der Waals surface area contributed by atoms with Gasteiger partial charge in [0.25, 0.3) is 0 Å². The van der Waals surface area contributed by atoms with Gasteiger partial charge in [-0.15, -0.1) is 11.8 Å². The van der Waals surface area contributed by atoms with Gasteiger partial charge in [-0.1, -0.05) is 42.5 Å².